The number of hydrogen-bond donors (Lipinski definition) is 3. The summed E-state index contributed by atoms with van der Waals surface area (Å²) in [6, 6.07) is 13.6. The maximum atomic E-state index is 12.1. The second-order valence-electron chi connectivity index (χ2n) is 4.80. The quantitative estimate of drug-likeness (QED) is 0.765. The van der Waals surface area contributed by atoms with E-state index in [2.05, 4.69) is 26.6 Å². The van der Waals surface area contributed by atoms with Crippen LogP contribution < -0.4 is 16.4 Å². The fourth-order valence-electron chi connectivity index (χ4n) is 1.83. The second-order valence-corrected chi connectivity index (χ2v) is 5.72. The first-order valence-electron chi connectivity index (χ1n) is 6.68. The summed E-state index contributed by atoms with van der Waals surface area (Å²) in [5.41, 5.74) is 7.04. The molecule has 5 nitrogen and oxygen atoms in total. The number of nitrogens with one attached hydrogen (secondary N) is 2. The highest BCUT2D eigenvalue weighted by molar-refractivity contribution is 9.10. The van der Waals surface area contributed by atoms with Gasteiger partial charge in [0.1, 0.15) is 6.04 Å². The third kappa shape index (κ3) is 4.33. The third-order valence-electron chi connectivity index (χ3n) is 3.06. The van der Waals surface area contributed by atoms with E-state index in [1.54, 1.807) is 31.2 Å². The molecule has 2 aromatic rings. The fraction of sp³-hybridized carbons (Fsp3) is 0.125. The zero-order valence-electron chi connectivity index (χ0n) is 12.0. The first-order chi connectivity index (χ1) is 10.5. The molecular formula is C16H16BrN3O2. The number of amides is 2. The maximum absolute atomic E-state index is 12.1. The molecule has 22 heavy (non-hydrogen) atoms. The lowest BCUT2D eigenvalue weighted by Gasteiger charge is -2.15. The van der Waals surface area contributed by atoms with E-state index in [4.69, 9.17) is 5.73 Å². The number of benzene rings is 2. The van der Waals surface area contributed by atoms with Gasteiger partial charge in [0.25, 0.3) is 0 Å². The molecule has 0 unspecified atom stereocenters. The van der Waals surface area contributed by atoms with Gasteiger partial charge in [-0.2, -0.15) is 0 Å². The number of primary amides is 1. The largest absolute Gasteiger partial charge is 0.374 e. The first-order valence-corrected chi connectivity index (χ1v) is 7.48. The summed E-state index contributed by atoms with van der Waals surface area (Å²) in [7, 11) is 0. The first kappa shape index (κ1) is 16.0. The number of hydrogen-bond acceptors (Lipinski definition) is 3. The van der Waals surface area contributed by atoms with Gasteiger partial charge >= 0.3 is 0 Å². The lowest BCUT2D eigenvalue weighted by molar-refractivity contribution is -0.116. The van der Waals surface area contributed by atoms with E-state index in [0.29, 0.717) is 11.3 Å². The molecule has 0 aliphatic rings. The molecule has 6 heteroatoms. The van der Waals surface area contributed by atoms with Crippen molar-refractivity contribution < 1.29 is 9.59 Å². The Balaban J connectivity index is 1.95. The van der Waals surface area contributed by atoms with Gasteiger partial charge in [0.15, 0.2) is 0 Å². The van der Waals surface area contributed by atoms with Crippen LogP contribution in [0.3, 0.4) is 0 Å². The smallest absolute Gasteiger partial charge is 0.248 e. The fourth-order valence-corrected chi connectivity index (χ4v) is 2.09. The van der Waals surface area contributed by atoms with E-state index in [1.807, 2.05) is 24.3 Å². The molecule has 0 radical (unpaired) electrons. The highest BCUT2D eigenvalue weighted by Gasteiger charge is 2.13. The Morgan fingerprint density at radius 3 is 2.09 bits per heavy atom. The maximum Gasteiger partial charge on any atom is 0.248 e. The molecular weight excluding hydrogens is 346 g/mol. The molecule has 0 saturated heterocycles. The molecule has 0 saturated carbocycles. The minimum absolute atomic E-state index is 0.172. The van der Waals surface area contributed by atoms with Crippen molar-refractivity contribution in [3.63, 3.8) is 0 Å². The normalized spacial score (nSPS) is 11.5. The van der Waals surface area contributed by atoms with Crippen LogP contribution in [0.25, 0.3) is 0 Å². The molecule has 0 heterocycles. The molecule has 0 aliphatic heterocycles. The van der Waals surface area contributed by atoms with Crippen molar-refractivity contribution in [2.75, 3.05) is 10.6 Å². The summed E-state index contributed by atoms with van der Waals surface area (Å²) >= 11 is 3.36. The minimum Gasteiger partial charge on any atom is -0.374 e. The highest BCUT2D eigenvalue weighted by Crippen LogP contribution is 2.15. The van der Waals surface area contributed by atoms with Gasteiger partial charge < -0.3 is 16.4 Å². The SMILES string of the molecule is C[C@H](Nc1ccc(Br)cc1)C(=O)Nc1ccc(C(N)=O)cc1. The van der Waals surface area contributed by atoms with Crippen LogP contribution in [-0.2, 0) is 4.79 Å². The average Bonchev–Trinajstić information content (AvgIpc) is 2.50. The van der Waals surface area contributed by atoms with E-state index in [9.17, 15) is 9.59 Å². The Morgan fingerprint density at radius 2 is 1.55 bits per heavy atom. The number of rotatable bonds is 5. The summed E-state index contributed by atoms with van der Waals surface area (Å²) in [5.74, 6) is -0.669. The molecule has 0 aliphatic carbocycles. The summed E-state index contributed by atoms with van der Waals surface area (Å²) in [4.78, 5) is 23.1. The Kier molecular flexibility index (Phi) is 5.16. The van der Waals surface area contributed by atoms with Crippen LogP contribution >= 0.6 is 15.9 Å². The standard InChI is InChI=1S/C16H16BrN3O2/c1-10(19-13-8-4-12(17)5-9-13)16(22)20-14-6-2-11(3-7-14)15(18)21/h2-10,19H,1H3,(H2,18,21)(H,20,22)/t10-/m0/s1. The van der Waals surface area contributed by atoms with Crippen LogP contribution in [0, 0.1) is 0 Å². The predicted octanol–water partition coefficient (Wildman–Crippen LogP) is 2.99. The van der Waals surface area contributed by atoms with Gasteiger partial charge in [-0.1, -0.05) is 15.9 Å². The molecule has 2 rings (SSSR count). The highest BCUT2D eigenvalue weighted by atomic mass is 79.9. The number of anilines is 2. The van der Waals surface area contributed by atoms with E-state index < -0.39 is 11.9 Å². The molecule has 2 amide bonds. The Bertz CT molecular complexity index is 669. The number of nitrogens with two attached hydrogens (primary N) is 1. The lowest BCUT2D eigenvalue weighted by Crippen LogP contribution is -2.31. The van der Waals surface area contributed by atoms with Crippen LogP contribution in [0.1, 0.15) is 17.3 Å². The van der Waals surface area contributed by atoms with Gasteiger partial charge in [0.2, 0.25) is 11.8 Å². The molecule has 0 spiro atoms. The Morgan fingerprint density at radius 1 is 1.00 bits per heavy atom. The Hall–Kier alpha value is -2.34. The molecule has 0 fully saturated rings. The second kappa shape index (κ2) is 7.09. The van der Waals surface area contributed by atoms with Gasteiger partial charge in [-0.25, -0.2) is 0 Å². The van der Waals surface area contributed by atoms with E-state index in [-0.39, 0.29) is 5.91 Å². The number of carbonyl (C=O) groups excluding carboxylic acids is 2. The lowest BCUT2D eigenvalue weighted by atomic mass is 10.2. The number of carbonyl (C=O) groups is 2. The third-order valence-corrected chi connectivity index (χ3v) is 3.59. The monoisotopic (exact) mass is 361 g/mol. The van der Waals surface area contributed by atoms with Crippen LogP contribution in [0.4, 0.5) is 11.4 Å². The molecule has 114 valence electrons. The van der Waals surface area contributed by atoms with Crippen molar-refractivity contribution in [2.24, 2.45) is 5.73 Å². The van der Waals surface area contributed by atoms with Crippen molar-refractivity contribution in [3.05, 3.63) is 58.6 Å². The zero-order valence-corrected chi connectivity index (χ0v) is 13.6. The van der Waals surface area contributed by atoms with Crippen molar-refractivity contribution in [1.29, 1.82) is 0 Å². The predicted molar refractivity (Wildman–Crippen MR) is 90.8 cm³/mol. The van der Waals surface area contributed by atoms with Crippen molar-refractivity contribution in [3.8, 4) is 0 Å². The number of halogens is 1. The van der Waals surface area contributed by atoms with Crippen molar-refractivity contribution in [2.45, 2.75) is 13.0 Å². The minimum atomic E-state index is -0.497. The van der Waals surface area contributed by atoms with Crippen LogP contribution in [0.15, 0.2) is 53.0 Å². The summed E-state index contributed by atoms with van der Waals surface area (Å²) in [5, 5.41) is 5.89. The van der Waals surface area contributed by atoms with E-state index in [1.165, 1.54) is 0 Å². The van der Waals surface area contributed by atoms with Gasteiger partial charge in [0, 0.05) is 21.4 Å². The van der Waals surface area contributed by atoms with Gasteiger partial charge in [-0.3, -0.25) is 9.59 Å². The topological polar surface area (TPSA) is 84.2 Å². The van der Waals surface area contributed by atoms with Crippen molar-refractivity contribution >= 4 is 39.1 Å². The van der Waals surface area contributed by atoms with Gasteiger partial charge in [-0.15, -0.1) is 0 Å². The van der Waals surface area contributed by atoms with Crippen LogP contribution in [-0.4, -0.2) is 17.9 Å². The van der Waals surface area contributed by atoms with E-state index in [0.717, 1.165) is 10.2 Å². The van der Waals surface area contributed by atoms with Crippen LogP contribution in [0.2, 0.25) is 0 Å². The summed E-state index contributed by atoms with van der Waals surface area (Å²) in [6.45, 7) is 1.77. The van der Waals surface area contributed by atoms with E-state index >= 15 is 0 Å². The summed E-state index contributed by atoms with van der Waals surface area (Å²) < 4.78 is 0.977. The average molecular weight is 362 g/mol. The van der Waals surface area contributed by atoms with Crippen LogP contribution in [0.5, 0.6) is 0 Å². The molecule has 0 bridgehead atoms. The molecule has 4 N–H and O–H groups in total. The van der Waals surface area contributed by atoms with Gasteiger partial charge in [-0.05, 0) is 55.5 Å². The zero-order chi connectivity index (χ0) is 16.1. The molecule has 2 aromatic carbocycles. The van der Waals surface area contributed by atoms with Gasteiger partial charge in [0.05, 0.1) is 0 Å². The summed E-state index contributed by atoms with van der Waals surface area (Å²) in [6.07, 6.45) is 0. The van der Waals surface area contributed by atoms with Crippen molar-refractivity contribution in [1.82, 2.24) is 0 Å². The molecule has 1 atom stereocenters. The molecule has 0 aromatic heterocycles. The Labute approximate surface area is 137 Å².